The van der Waals surface area contributed by atoms with Gasteiger partial charge in [0.05, 0.1) is 13.2 Å². The van der Waals surface area contributed by atoms with Gasteiger partial charge in [-0.15, -0.1) is 13.2 Å². The van der Waals surface area contributed by atoms with E-state index in [9.17, 15) is 9.50 Å². The van der Waals surface area contributed by atoms with Gasteiger partial charge in [-0.1, -0.05) is 24.3 Å². The Morgan fingerprint density at radius 3 is 2.56 bits per heavy atom. The zero-order chi connectivity index (χ0) is 19.7. The number of benzene rings is 1. The molecule has 146 valence electrons. The second-order valence-corrected chi connectivity index (χ2v) is 6.62. The molecule has 0 aliphatic carbocycles. The summed E-state index contributed by atoms with van der Waals surface area (Å²) in [6.45, 7) is 9.74. The first kappa shape index (κ1) is 21.1. The van der Waals surface area contributed by atoms with Gasteiger partial charge in [0, 0.05) is 33.0 Å². The van der Waals surface area contributed by atoms with Gasteiger partial charge in [0.1, 0.15) is 22.9 Å². The molecule has 0 unspecified atom stereocenters. The number of ether oxygens (including phenoxy) is 1. The topological polar surface area (TPSA) is 45.8 Å². The van der Waals surface area contributed by atoms with Crippen LogP contribution in [0.2, 0.25) is 0 Å². The lowest BCUT2D eigenvalue weighted by Crippen LogP contribution is -2.26. The summed E-state index contributed by atoms with van der Waals surface area (Å²) in [6.07, 6.45) is 4.09. The van der Waals surface area contributed by atoms with Crippen LogP contribution in [0, 0.1) is 5.82 Å². The first-order valence-corrected chi connectivity index (χ1v) is 9.00. The molecule has 0 radical (unpaired) electrons. The molecule has 4 nitrogen and oxygen atoms in total. The standard InChI is InChI=1S/C22H28FNO3/c1-4-11-22(25,12-5-2)21-10-9-20(27-21)17-24(13-14-26-3)16-18-7-6-8-19(23)15-18/h4-10,15,25H,1-2,11-14,16-17H2,3H3. The Morgan fingerprint density at radius 1 is 1.19 bits per heavy atom. The highest BCUT2D eigenvalue weighted by molar-refractivity contribution is 5.18. The first-order valence-electron chi connectivity index (χ1n) is 9.00. The van der Waals surface area contributed by atoms with Crippen LogP contribution in [-0.4, -0.2) is 30.3 Å². The number of aliphatic hydroxyl groups is 1. The molecule has 0 atom stereocenters. The van der Waals surface area contributed by atoms with Gasteiger partial charge in [0.25, 0.3) is 0 Å². The second kappa shape index (κ2) is 10.2. The molecule has 1 heterocycles. The van der Waals surface area contributed by atoms with Crippen LogP contribution >= 0.6 is 0 Å². The number of hydrogen-bond donors (Lipinski definition) is 1. The fourth-order valence-electron chi connectivity index (χ4n) is 3.02. The maximum atomic E-state index is 13.5. The minimum absolute atomic E-state index is 0.251. The summed E-state index contributed by atoms with van der Waals surface area (Å²) < 4.78 is 24.6. The van der Waals surface area contributed by atoms with Gasteiger partial charge in [-0.25, -0.2) is 4.39 Å². The van der Waals surface area contributed by atoms with Gasteiger partial charge in [-0.2, -0.15) is 0 Å². The zero-order valence-electron chi connectivity index (χ0n) is 15.9. The van der Waals surface area contributed by atoms with Crippen LogP contribution in [0.15, 0.2) is 66.1 Å². The Balaban J connectivity index is 2.13. The maximum Gasteiger partial charge on any atom is 0.136 e. The summed E-state index contributed by atoms with van der Waals surface area (Å²) in [5.74, 6) is 0.970. The largest absolute Gasteiger partial charge is 0.462 e. The fraction of sp³-hybridized carbons (Fsp3) is 0.364. The van der Waals surface area contributed by atoms with Crippen molar-refractivity contribution in [3.8, 4) is 0 Å². The van der Waals surface area contributed by atoms with Gasteiger partial charge in [-0.3, -0.25) is 4.90 Å². The molecule has 2 rings (SSSR count). The van der Waals surface area contributed by atoms with Crippen LogP contribution < -0.4 is 0 Å². The summed E-state index contributed by atoms with van der Waals surface area (Å²) in [5.41, 5.74) is -0.255. The highest BCUT2D eigenvalue weighted by Crippen LogP contribution is 2.31. The molecule has 27 heavy (non-hydrogen) atoms. The average Bonchev–Trinajstić information content (AvgIpc) is 3.09. The van der Waals surface area contributed by atoms with Gasteiger partial charge >= 0.3 is 0 Å². The predicted molar refractivity (Wildman–Crippen MR) is 105 cm³/mol. The van der Waals surface area contributed by atoms with Crippen molar-refractivity contribution in [3.63, 3.8) is 0 Å². The summed E-state index contributed by atoms with van der Waals surface area (Å²) >= 11 is 0. The van der Waals surface area contributed by atoms with E-state index in [2.05, 4.69) is 18.1 Å². The van der Waals surface area contributed by atoms with Crippen LogP contribution in [0.5, 0.6) is 0 Å². The van der Waals surface area contributed by atoms with E-state index in [-0.39, 0.29) is 5.82 Å². The average molecular weight is 373 g/mol. The number of hydrogen-bond acceptors (Lipinski definition) is 4. The fourth-order valence-corrected chi connectivity index (χ4v) is 3.02. The highest BCUT2D eigenvalue weighted by Gasteiger charge is 2.30. The van der Waals surface area contributed by atoms with Gasteiger partial charge in [0.15, 0.2) is 0 Å². The van der Waals surface area contributed by atoms with E-state index in [4.69, 9.17) is 9.15 Å². The summed E-state index contributed by atoms with van der Waals surface area (Å²) in [6, 6.07) is 10.2. The SMILES string of the molecule is C=CCC(O)(CC=C)c1ccc(CN(CCOC)Cc2cccc(F)c2)o1. The van der Waals surface area contributed by atoms with Crippen molar-refractivity contribution >= 4 is 0 Å². The Labute approximate surface area is 160 Å². The minimum atomic E-state index is -1.14. The number of rotatable bonds is 12. The Kier molecular flexibility index (Phi) is 7.98. The van der Waals surface area contributed by atoms with Crippen molar-refractivity contribution < 1.29 is 18.7 Å². The van der Waals surface area contributed by atoms with E-state index in [1.54, 1.807) is 31.4 Å². The molecule has 5 heteroatoms. The van der Waals surface area contributed by atoms with Crippen LogP contribution in [0.4, 0.5) is 4.39 Å². The summed E-state index contributed by atoms with van der Waals surface area (Å²) in [5, 5.41) is 10.8. The Morgan fingerprint density at radius 2 is 1.93 bits per heavy atom. The van der Waals surface area contributed by atoms with Crippen LogP contribution in [0.25, 0.3) is 0 Å². The lowest BCUT2D eigenvalue weighted by Gasteiger charge is -2.24. The monoisotopic (exact) mass is 373 g/mol. The maximum absolute atomic E-state index is 13.5. The van der Waals surface area contributed by atoms with Gasteiger partial charge < -0.3 is 14.3 Å². The molecule has 0 bridgehead atoms. The third-order valence-electron chi connectivity index (χ3n) is 4.37. The molecular weight excluding hydrogens is 345 g/mol. The van der Waals surface area contributed by atoms with E-state index >= 15 is 0 Å². The molecule has 1 N–H and O–H groups in total. The molecule has 0 amide bonds. The van der Waals surface area contributed by atoms with Crippen LogP contribution in [0.1, 0.15) is 29.9 Å². The highest BCUT2D eigenvalue weighted by atomic mass is 19.1. The molecule has 0 aliphatic rings. The van der Waals surface area contributed by atoms with E-state index in [1.165, 1.54) is 12.1 Å². The van der Waals surface area contributed by atoms with Crippen LogP contribution in [0.3, 0.4) is 0 Å². The van der Waals surface area contributed by atoms with Gasteiger partial charge in [-0.05, 0) is 29.8 Å². The Bertz CT molecular complexity index is 731. The van der Waals surface area contributed by atoms with Crippen LogP contribution in [-0.2, 0) is 23.4 Å². The van der Waals surface area contributed by atoms with E-state index in [1.807, 2.05) is 12.1 Å². The predicted octanol–water partition coefficient (Wildman–Crippen LogP) is 4.41. The summed E-state index contributed by atoms with van der Waals surface area (Å²) in [7, 11) is 1.65. The van der Waals surface area contributed by atoms with E-state index in [0.29, 0.717) is 44.8 Å². The van der Waals surface area contributed by atoms with Crippen molar-refractivity contribution in [1.82, 2.24) is 4.90 Å². The molecule has 0 fully saturated rings. The normalized spacial score (nSPS) is 11.7. The van der Waals surface area contributed by atoms with Gasteiger partial charge in [0.2, 0.25) is 0 Å². The van der Waals surface area contributed by atoms with Crippen molar-refractivity contribution in [2.45, 2.75) is 31.5 Å². The zero-order valence-corrected chi connectivity index (χ0v) is 15.9. The lowest BCUT2D eigenvalue weighted by molar-refractivity contribution is 0.0184. The third-order valence-corrected chi connectivity index (χ3v) is 4.37. The molecule has 0 spiro atoms. The molecule has 0 saturated heterocycles. The third kappa shape index (κ3) is 6.17. The second-order valence-electron chi connectivity index (χ2n) is 6.62. The Hall–Kier alpha value is -2.21. The minimum Gasteiger partial charge on any atom is -0.462 e. The molecule has 2 aromatic rings. The smallest absolute Gasteiger partial charge is 0.136 e. The van der Waals surface area contributed by atoms with Crippen molar-refractivity contribution in [1.29, 1.82) is 0 Å². The van der Waals surface area contributed by atoms with Crippen molar-refractivity contribution in [2.24, 2.45) is 0 Å². The molecule has 0 saturated carbocycles. The lowest BCUT2D eigenvalue weighted by atomic mass is 9.93. The summed E-state index contributed by atoms with van der Waals surface area (Å²) in [4.78, 5) is 2.11. The number of methoxy groups -OCH3 is 1. The molecule has 1 aromatic heterocycles. The molecular formula is C22H28FNO3. The molecule has 1 aromatic carbocycles. The van der Waals surface area contributed by atoms with E-state index < -0.39 is 5.60 Å². The number of furan rings is 1. The number of halogens is 1. The number of nitrogens with zero attached hydrogens (tertiary/aromatic N) is 1. The quantitative estimate of drug-likeness (QED) is 0.560. The van der Waals surface area contributed by atoms with Crippen molar-refractivity contribution in [3.05, 3.63) is 84.6 Å². The molecule has 0 aliphatic heterocycles. The van der Waals surface area contributed by atoms with E-state index in [0.717, 1.165) is 11.3 Å². The van der Waals surface area contributed by atoms with Crippen molar-refractivity contribution in [2.75, 3.05) is 20.3 Å². The first-order chi connectivity index (χ1) is 13.0.